The number of fused-ring (bicyclic) bond motifs is 1. The van der Waals surface area contributed by atoms with Gasteiger partial charge in [0.15, 0.2) is 0 Å². The molecule has 4 amide bonds. The van der Waals surface area contributed by atoms with Crippen LogP contribution in [0.3, 0.4) is 0 Å². The smallest absolute Gasteiger partial charge is 0.407 e. The molecule has 0 radical (unpaired) electrons. The van der Waals surface area contributed by atoms with Crippen LogP contribution in [0.4, 0.5) is 9.59 Å². The van der Waals surface area contributed by atoms with Crippen LogP contribution in [0.1, 0.15) is 61.0 Å². The second kappa shape index (κ2) is 17.5. The Kier molecular flexibility index (Phi) is 11.4. The number of benzene rings is 4. The first-order valence-corrected chi connectivity index (χ1v) is 21.0. The van der Waals surface area contributed by atoms with E-state index in [-0.39, 0.29) is 29.8 Å². The third kappa shape index (κ3) is 8.10. The van der Waals surface area contributed by atoms with E-state index in [9.17, 15) is 19.2 Å². The highest BCUT2D eigenvalue weighted by molar-refractivity contribution is 5.91. The van der Waals surface area contributed by atoms with Crippen molar-refractivity contribution in [1.82, 2.24) is 40.4 Å². The van der Waals surface area contributed by atoms with E-state index in [0.717, 1.165) is 75.9 Å². The molecule has 4 atom stereocenters. The highest BCUT2D eigenvalue weighted by atomic mass is 16.5. The number of H-pyrrole nitrogens is 2. The predicted molar refractivity (Wildman–Crippen MR) is 230 cm³/mol. The molecule has 0 unspecified atom stereocenters. The topological polar surface area (TPSA) is 184 Å². The van der Waals surface area contributed by atoms with Crippen LogP contribution in [0.15, 0.2) is 103 Å². The Bertz CT molecular complexity index is 2590. The van der Waals surface area contributed by atoms with Crippen molar-refractivity contribution in [3.63, 3.8) is 0 Å². The normalized spacial score (nSPS) is 18.5. The molecule has 3 aliphatic rings. The fourth-order valence-electron chi connectivity index (χ4n) is 8.84. The van der Waals surface area contributed by atoms with Crippen LogP contribution in [0, 0.1) is 5.92 Å². The van der Waals surface area contributed by atoms with E-state index in [2.05, 4.69) is 81.3 Å². The van der Waals surface area contributed by atoms with Gasteiger partial charge in [0.1, 0.15) is 23.7 Å². The molecule has 3 fully saturated rings. The summed E-state index contributed by atoms with van der Waals surface area (Å²) in [6, 6.07) is 28.1. The summed E-state index contributed by atoms with van der Waals surface area (Å²) in [6.45, 7) is 1.96. The second-order valence-electron chi connectivity index (χ2n) is 16.0. The van der Waals surface area contributed by atoms with Crippen LogP contribution in [0.5, 0.6) is 0 Å². The molecule has 0 bridgehead atoms. The summed E-state index contributed by atoms with van der Waals surface area (Å²) >= 11 is 0. The zero-order valence-electron chi connectivity index (χ0n) is 34.5. The summed E-state index contributed by atoms with van der Waals surface area (Å²) in [5.74, 6) is 0.959. The molecule has 15 heteroatoms. The lowest BCUT2D eigenvalue weighted by Gasteiger charge is -2.36. The summed E-state index contributed by atoms with van der Waals surface area (Å²) in [4.78, 5) is 72.0. The monoisotopic (exact) mass is 836 g/mol. The summed E-state index contributed by atoms with van der Waals surface area (Å²) < 4.78 is 15.0. The number of imidazole rings is 2. The van der Waals surface area contributed by atoms with Gasteiger partial charge in [-0.25, -0.2) is 19.6 Å². The highest BCUT2D eigenvalue weighted by Gasteiger charge is 2.42. The first kappa shape index (κ1) is 40.4. The number of hydrogen-bond donors (Lipinski definition) is 4. The molecule has 4 aromatic carbocycles. The molecular formula is C47H48N8O7. The van der Waals surface area contributed by atoms with Crippen molar-refractivity contribution in [2.45, 2.75) is 49.9 Å². The average molecular weight is 837 g/mol. The van der Waals surface area contributed by atoms with Crippen molar-refractivity contribution in [2.75, 3.05) is 40.5 Å². The lowest BCUT2D eigenvalue weighted by atomic mass is 9.96. The molecule has 3 aliphatic heterocycles. The molecule has 0 aliphatic carbocycles. The van der Waals surface area contributed by atoms with E-state index in [1.165, 1.54) is 14.2 Å². The van der Waals surface area contributed by atoms with Crippen molar-refractivity contribution in [3.05, 3.63) is 121 Å². The van der Waals surface area contributed by atoms with Gasteiger partial charge in [-0.15, -0.1) is 0 Å². The van der Waals surface area contributed by atoms with Crippen molar-refractivity contribution < 1.29 is 33.4 Å². The van der Waals surface area contributed by atoms with Gasteiger partial charge < -0.3 is 44.6 Å². The highest BCUT2D eigenvalue weighted by Crippen LogP contribution is 2.36. The predicted octanol–water partition coefficient (Wildman–Crippen LogP) is 7.08. The summed E-state index contributed by atoms with van der Waals surface area (Å²) in [5, 5.41) is 7.62. The maximum atomic E-state index is 13.9. The van der Waals surface area contributed by atoms with Crippen LogP contribution in [-0.2, 0) is 23.8 Å². The number of aromatic amines is 2. The zero-order chi connectivity index (χ0) is 42.7. The summed E-state index contributed by atoms with van der Waals surface area (Å²) in [5.41, 5.74) is 6.50. The maximum Gasteiger partial charge on any atom is 0.407 e. The largest absolute Gasteiger partial charge is 0.453 e. The van der Waals surface area contributed by atoms with Gasteiger partial charge in [-0.05, 0) is 70.8 Å². The van der Waals surface area contributed by atoms with Crippen molar-refractivity contribution >= 4 is 34.8 Å². The van der Waals surface area contributed by atoms with Crippen molar-refractivity contribution in [1.29, 1.82) is 0 Å². The number of rotatable bonds is 11. The van der Waals surface area contributed by atoms with Crippen LogP contribution in [0.25, 0.3) is 44.4 Å². The quantitative estimate of drug-likeness (QED) is 0.106. The van der Waals surface area contributed by atoms with Crippen LogP contribution in [0.2, 0.25) is 0 Å². The Labute approximate surface area is 358 Å². The van der Waals surface area contributed by atoms with Crippen LogP contribution >= 0.6 is 0 Å². The van der Waals surface area contributed by atoms with Crippen LogP contribution < -0.4 is 10.6 Å². The number of nitrogens with one attached hydrogen (secondary N) is 4. The Morgan fingerprint density at radius 2 is 1.19 bits per heavy atom. The fourth-order valence-corrected chi connectivity index (χ4v) is 8.84. The first-order valence-electron chi connectivity index (χ1n) is 21.0. The number of hydrogen-bond acceptors (Lipinski definition) is 9. The van der Waals surface area contributed by atoms with Gasteiger partial charge in [0, 0.05) is 24.6 Å². The van der Waals surface area contributed by atoms with Crippen molar-refractivity contribution in [3.8, 4) is 33.6 Å². The third-order valence-corrected chi connectivity index (χ3v) is 12.3. The number of alkyl carbamates (subject to hydrolysis) is 2. The lowest BCUT2D eigenvalue weighted by Crippen LogP contribution is -2.56. The van der Waals surface area contributed by atoms with Gasteiger partial charge in [0.05, 0.1) is 63.3 Å². The third-order valence-electron chi connectivity index (χ3n) is 12.3. The van der Waals surface area contributed by atoms with Gasteiger partial charge in [0.25, 0.3) is 5.91 Å². The average Bonchev–Trinajstić information content (AvgIpc) is 4.14. The zero-order valence-corrected chi connectivity index (χ0v) is 34.5. The standard InChI is InChI=1S/C47H48N8O7/c1-60-46(58)52-40(30-8-4-3-5-9-30)44(56)54-20-6-10-38(54)42-48-24-36(50-42)29-14-12-28(13-15-29)31-16-17-33-23-34(19-18-32(33)22-31)37-25-49-43(51-37)39-11-7-21-55(39)45(57)41(35-26-62-27-35)53-47(59)61-2/h3-5,8-9,12-19,22-25,35,38-41H,6-7,10-11,20-21,26-27H2,1-2H3,(H,48,50)(H,49,51)(H,52,58)(H,53,59)/t38-,39-,40+,41-/m0/s1. The van der Waals surface area contributed by atoms with Crippen molar-refractivity contribution in [2.24, 2.45) is 5.92 Å². The molecule has 4 N–H and O–H groups in total. The molecule has 15 nitrogen and oxygen atoms in total. The number of likely N-dealkylation sites (tertiary alicyclic amines) is 2. The molecule has 5 heterocycles. The number of nitrogens with zero attached hydrogens (tertiary/aromatic N) is 4. The van der Waals surface area contributed by atoms with E-state index < -0.39 is 24.3 Å². The van der Waals surface area contributed by atoms with E-state index in [1.54, 1.807) is 11.1 Å². The minimum Gasteiger partial charge on any atom is -0.453 e. The Hall–Kier alpha value is -7.00. The van der Waals surface area contributed by atoms with E-state index >= 15 is 0 Å². The van der Waals surface area contributed by atoms with E-state index in [0.29, 0.717) is 37.7 Å². The Morgan fingerprint density at radius 3 is 1.79 bits per heavy atom. The fraction of sp³-hybridized carbons (Fsp3) is 0.319. The molecule has 6 aromatic rings. The Balaban J connectivity index is 0.869. The first-order chi connectivity index (χ1) is 30.3. The molecule has 62 heavy (non-hydrogen) atoms. The van der Waals surface area contributed by atoms with Gasteiger partial charge in [-0.2, -0.15) is 0 Å². The van der Waals surface area contributed by atoms with Gasteiger partial charge in [-0.1, -0.05) is 78.9 Å². The summed E-state index contributed by atoms with van der Waals surface area (Å²) in [6.07, 6.45) is 5.49. The van der Waals surface area contributed by atoms with Gasteiger partial charge in [-0.3, -0.25) is 9.59 Å². The number of carbonyl (C=O) groups excluding carboxylic acids is 4. The SMILES string of the molecule is COC(=O)N[C@H](C(=O)N1CCC[C@H]1c1ncc(-c2ccc3cc(-c4ccc(-c5cnc([C@@H]6CCCN6C(=O)[C@H](NC(=O)OC)c6ccccc6)[nH]5)cc4)ccc3c2)[nH]1)C1COC1. The maximum absolute atomic E-state index is 13.9. The molecule has 3 saturated heterocycles. The number of amides is 4. The van der Waals surface area contributed by atoms with Gasteiger partial charge >= 0.3 is 12.2 Å². The lowest BCUT2D eigenvalue weighted by molar-refractivity contribution is -0.142. The Morgan fingerprint density at radius 1 is 0.661 bits per heavy atom. The van der Waals surface area contributed by atoms with E-state index in [4.69, 9.17) is 24.2 Å². The minimum absolute atomic E-state index is 0.0988. The second-order valence-corrected chi connectivity index (χ2v) is 16.0. The molecule has 9 rings (SSSR count). The number of ether oxygens (including phenoxy) is 3. The molecular weight excluding hydrogens is 789 g/mol. The van der Waals surface area contributed by atoms with Crippen LogP contribution in [-0.4, -0.2) is 100 Å². The summed E-state index contributed by atoms with van der Waals surface area (Å²) in [7, 11) is 2.57. The van der Waals surface area contributed by atoms with Gasteiger partial charge in [0.2, 0.25) is 5.91 Å². The number of methoxy groups -OCH3 is 2. The number of aromatic nitrogens is 4. The van der Waals surface area contributed by atoms with E-state index in [1.807, 2.05) is 41.4 Å². The molecule has 2 aromatic heterocycles. The number of carbonyl (C=O) groups is 4. The minimum atomic E-state index is -0.882. The molecule has 0 saturated carbocycles. The molecule has 0 spiro atoms. The molecule has 318 valence electrons.